The molecule has 3 heterocycles. The maximum atomic E-state index is 13.5. The smallest absolute Gasteiger partial charge is 0.250 e. The van der Waals surface area contributed by atoms with E-state index in [1.807, 2.05) is 30.3 Å². The van der Waals surface area contributed by atoms with Crippen molar-refractivity contribution in [1.29, 1.82) is 0 Å². The fraction of sp³-hybridized carbons (Fsp3) is 0.273. The lowest BCUT2D eigenvalue weighted by Gasteiger charge is -2.29. The minimum Gasteiger partial charge on any atom is -0.370 e. The molecule has 2 aromatic carbocycles. The Bertz CT molecular complexity index is 1090. The first-order valence-corrected chi connectivity index (χ1v) is 9.79. The van der Waals surface area contributed by atoms with Gasteiger partial charge in [-0.2, -0.15) is 0 Å². The summed E-state index contributed by atoms with van der Waals surface area (Å²) in [5, 5.41) is 5.99. The summed E-state index contributed by atoms with van der Waals surface area (Å²) in [5.41, 5.74) is 6.03. The first-order valence-electron chi connectivity index (χ1n) is 9.79. The van der Waals surface area contributed by atoms with Crippen molar-refractivity contribution in [3.8, 4) is 0 Å². The van der Waals surface area contributed by atoms with Gasteiger partial charge in [0.2, 0.25) is 23.6 Å². The number of amides is 4. The number of fused-ring (bicyclic) bond motifs is 4. The number of anilines is 1. The molecule has 152 valence electrons. The molecule has 8 nitrogen and oxygen atoms in total. The zero-order valence-electron chi connectivity index (χ0n) is 16.0. The second kappa shape index (κ2) is 6.50. The molecule has 3 aliphatic rings. The van der Waals surface area contributed by atoms with Crippen LogP contribution in [0.1, 0.15) is 17.5 Å². The summed E-state index contributed by atoms with van der Waals surface area (Å²) < 4.78 is 0. The monoisotopic (exact) mass is 404 g/mol. The van der Waals surface area contributed by atoms with E-state index in [0.29, 0.717) is 11.3 Å². The Balaban J connectivity index is 1.61. The van der Waals surface area contributed by atoms with Crippen LogP contribution in [0.15, 0.2) is 54.6 Å². The van der Waals surface area contributed by atoms with E-state index in [0.717, 1.165) is 5.56 Å². The first-order chi connectivity index (χ1) is 14.4. The molecule has 8 heteroatoms. The van der Waals surface area contributed by atoms with Crippen LogP contribution >= 0.6 is 0 Å². The highest BCUT2D eigenvalue weighted by molar-refractivity contribution is 6.15. The zero-order chi connectivity index (χ0) is 21.0. The van der Waals surface area contributed by atoms with Crippen molar-refractivity contribution in [1.82, 2.24) is 10.2 Å². The molecule has 0 aliphatic carbocycles. The average molecular weight is 404 g/mol. The number of nitrogens with two attached hydrogens (primary N) is 1. The van der Waals surface area contributed by atoms with Gasteiger partial charge in [-0.05, 0) is 11.6 Å². The summed E-state index contributed by atoms with van der Waals surface area (Å²) in [6.45, 7) is 0.119. The van der Waals surface area contributed by atoms with Gasteiger partial charge in [0, 0.05) is 23.7 Å². The Labute approximate surface area is 172 Å². The standard InChI is InChI=1S/C22H20N4O4/c23-16(27)10-15-17-18(20(29)26(19(17)28)11-12-6-2-1-3-7-12)22(25-15)13-8-4-5-9-14(13)24-21(22)30/h1-9,15,17-18,25H,10-11H2,(H2,23,27)(H,24,30). The van der Waals surface area contributed by atoms with Gasteiger partial charge in [0.05, 0.1) is 18.4 Å². The lowest BCUT2D eigenvalue weighted by atomic mass is 9.76. The number of carbonyl (C=O) groups is 4. The van der Waals surface area contributed by atoms with Gasteiger partial charge in [0.15, 0.2) is 0 Å². The fourth-order valence-electron chi connectivity index (χ4n) is 5.13. The van der Waals surface area contributed by atoms with Crippen LogP contribution in [0.25, 0.3) is 0 Å². The van der Waals surface area contributed by atoms with Crippen LogP contribution in [0, 0.1) is 11.8 Å². The molecule has 0 aromatic heterocycles. The molecule has 1 spiro atoms. The minimum atomic E-state index is -1.40. The molecule has 3 aliphatic heterocycles. The molecular weight excluding hydrogens is 384 g/mol. The first kappa shape index (κ1) is 18.5. The Kier molecular flexibility index (Phi) is 4.01. The molecule has 0 saturated carbocycles. The van der Waals surface area contributed by atoms with Crippen LogP contribution in [0.4, 0.5) is 5.69 Å². The van der Waals surface area contributed by atoms with Gasteiger partial charge in [-0.3, -0.25) is 29.4 Å². The number of carbonyl (C=O) groups excluding carboxylic acids is 4. The van der Waals surface area contributed by atoms with Crippen molar-refractivity contribution in [3.05, 3.63) is 65.7 Å². The summed E-state index contributed by atoms with van der Waals surface area (Å²) in [7, 11) is 0. The Morgan fingerprint density at radius 3 is 2.43 bits per heavy atom. The third kappa shape index (κ3) is 2.43. The van der Waals surface area contributed by atoms with Gasteiger partial charge in [0.1, 0.15) is 5.54 Å². The van der Waals surface area contributed by atoms with Gasteiger partial charge in [-0.25, -0.2) is 0 Å². The molecular formula is C22H20N4O4. The number of likely N-dealkylation sites (tertiary alicyclic amines) is 1. The fourth-order valence-corrected chi connectivity index (χ4v) is 5.13. The molecule has 4 atom stereocenters. The Morgan fingerprint density at radius 1 is 1.00 bits per heavy atom. The Hall–Kier alpha value is -3.52. The van der Waals surface area contributed by atoms with Crippen molar-refractivity contribution in [3.63, 3.8) is 0 Å². The summed E-state index contributed by atoms with van der Waals surface area (Å²) in [6, 6.07) is 15.6. The summed E-state index contributed by atoms with van der Waals surface area (Å²) in [4.78, 5) is 52.9. The SMILES string of the molecule is NC(=O)CC1NC2(C(=O)Nc3ccccc32)C2C(=O)N(Cc3ccccc3)C(=O)C12. The van der Waals surface area contributed by atoms with Crippen molar-refractivity contribution in [2.75, 3.05) is 5.32 Å². The molecule has 4 N–H and O–H groups in total. The normalized spacial score (nSPS) is 29.3. The number of nitrogens with zero attached hydrogens (tertiary/aromatic N) is 1. The highest BCUT2D eigenvalue weighted by Gasteiger charge is 2.70. The maximum absolute atomic E-state index is 13.5. The predicted octanol–water partition coefficient (Wildman–Crippen LogP) is 0.483. The molecule has 2 fully saturated rings. The maximum Gasteiger partial charge on any atom is 0.250 e. The molecule has 0 radical (unpaired) electrons. The van der Waals surface area contributed by atoms with Crippen LogP contribution in [-0.4, -0.2) is 34.6 Å². The molecule has 4 unspecified atom stereocenters. The van der Waals surface area contributed by atoms with E-state index in [4.69, 9.17) is 5.73 Å². The third-order valence-corrected chi connectivity index (χ3v) is 6.32. The number of rotatable bonds is 4. The largest absolute Gasteiger partial charge is 0.370 e. The van der Waals surface area contributed by atoms with E-state index < -0.39 is 41.1 Å². The van der Waals surface area contributed by atoms with E-state index in [9.17, 15) is 19.2 Å². The van der Waals surface area contributed by atoms with E-state index in [-0.39, 0.29) is 18.9 Å². The van der Waals surface area contributed by atoms with Gasteiger partial charge in [0.25, 0.3) is 0 Å². The van der Waals surface area contributed by atoms with Crippen LogP contribution in [-0.2, 0) is 31.3 Å². The third-order valence-electron chi connectivity index (χ3n) is 6.32. The molecule has 4 amide bonds. The second-order valence-electron chi connectivity index (χ2n) is 7.98. The molecule has 2 aromatic rings. The summed E-state index contributed by atoms with van der Waals surface area (Å²) in [6.07, 6.45) is -0.142. The van der Waals surface area contributed by atoms with Gasteiger partial charge in [-0.1, -0.05) is 48.5 Å². The number of primary amides is 1. The van der Waals surface area contributed by atoms with Crippen LogP contribution < -0.4 is 16.4 Å². The molecule has 5 rings (SSSR count). The topological polar surface area (TPSA) is 122 Å². The van der Waals surface area contributed by atoms with E-state index in [1.54, 1.807) is 24.3 Å². The average Bonchev–Trinajstić information content (AvgIpc) is 3.29. The van der Waals surface area contributed by atoms with Crippen molar-refractivity contribution >= 4 is 29.3 Å². The lowest BCUT2D eigenvalue weighted by molar-refractivity contribution is -0.143. The van der Waals surface area contributed by atoms with Crippen molar-refractivity contribution in [2.45, 2.75) is 24.5 Å². The van der Waals surface area contributed by atoms with Crippen molar-refractivity contribution < 1.29 is 19.2 Å². The highest BCUT2D eigenvalue weighted by Crippen LogP contribution is 2.53. The Morgan fingerprint density at radius 2 is 1.70 bits per heavy atom. The lowest BCUT2D eigenvalue weighted by Crippen LogP contribution is -2.53. The van der Waals surface area contributed by atoms with Crippen LogP contribution in [0.2, 0.25) is 0 Å². The highest BCUT2D eigenvalue weighted by atomic mass is 16.2. The quantitative estimate of drug-likeness (QED) is 0.640. The van der Waals surface area contributed by atoms with Gasteiger partial charge in [-0.15, -0.1) is 0 Å². The number of hydrogen-bond donors (Lipinski definition) is 3. The van der Waals surface area contributed by atoms with E-state index in [1.165, 1.54) is 4.90 Å². The van der Waals surface area contributed by atoms with Gasteiger partial charge >= 0.3 is 0 Å². The summed E-state index contributed by atoms with van der Waals surface area (Å²) in [5.74, 6) is -3.58. The number of para-hydroxylation sites is 1. The van der Waals surface area contributed by atoms with Crippen LogP contribution in [0.5, 0.6) is 0 Å². The predicted molar refractivity (Wildman–Crippen MR) is 106 cm³/mol. The molecule has 30 heavy (non-hydrogen) atoms. The second-order valence-corrected chi connectivity index (χ2v) is 7.98. The van der Waals surface area contributed by atoms with Gasteiger partial charge < -0.3 is 11.1 Å². The van der Waals surface area contributed by atoms with Crippen molar-refractivity contribution in [2.24, 2.45) is 17.6 Å². The molecule has 0 bridgehead atoms. The molecule has 2 saturated heterocycles. The summed E-state index contributed by atoms with van der Waals surface area (Å²) >= 11 is 0. The number of benzene rings is 2. The minimum absolute atomic E-state index is 0.119. The zero-order valence-corrected chi connectivity index (χ0v) is 16.0. The van der Waals surface area contributed by atoms with E-state index in [2.05, 4.69) is 10.6 Å². The van der Waals surface area contributed by atoms with Crippen LogP contribution in [0.3, 0.4) is 0 Å². The van der Waals surface area contributed by atoms with E-state index >= 15 is 0 Å². The number of nitrogens with one attached hydrogen (secondary N) is 2. The number of hydrogen-bond acceptors (Lipinski definition) is 5. The number of imide groups is 1.